The number of aryl methyl sites for hydroxylation is 1. The fourth-order valence-electron chi connectivity index (χ4n) is 1.78. The summed E-state index contributed by atoms with van der Waals surface area (Å²) < 4.78 is 6.63. The molecule has 3 rings (SSSR count). The third kappa shape index (κ3) is 2.48. The van der Waals surface area contributed by atoms with Gasteiger partial charge in [-0.2, -0.15) is 0 Å². The fraction of sp³-hybridized carbons (Fsp3) is 0.455. The Kier molecular flexibility index (Phi) is 3.00. The highest BCUT2D eigenvalue weighted by atomic mass is 16.5. The third-order valence-electron chi connectivity index (χ3n) is 2.98. The number of nitrogens with one attached hydrogen (secondary N) is 2. The number of rotatable bonds is 4. The molecule has 0 radical (unpaired) electrons. The van der Waals surface area contributed by atoms with Gasteiger partial charge in [-0.3, -0.25) is 4.79 Å². The van der Waals surface area contributed by atoms with E-state index in [4.69, 9.17) is 4.52 Å². The molecular formula is C11H14N6O2. The Morgan fingerprint density at radius 3 is 3.11 bits per heavy atom. The number of aromatic nitrogens is 4. The molecule has 100 valence electrons. The number of amides is 1. The first kappa shape index (κ1) is 11.8. The highest BCUT2D eigenvalue weighted by molar-refractivity contribution is 5.91. The van der Waals surface area contributed by atoms with Crippen LogP contribution >= 0.6 is 0 Å². The molecule has 3 heterocycles. The lowest BCUT2D eigenvalue weighted by molar-refractivity contribution is 0.0945. The summed E-state index contributed by atoms with van der Waals surface area (Å²) in [7, 11) is 0. The summed E-state index contributed by atoms with van der Waals surface area (Å²) in [6, 6.07) is 2.07. The minimum atomic E-state index is -0.265. The lowest BCUT2D eigenvalue weighted by Crippen LogP contribution is -2.43. The summed E-state index contributed by atoms with van der Waals surface area (Å²) >= 11 is 0. The molecule has 19 heavy (non-hydrogen) atoms. The SMILES string of the molecule is Cc1cc(CNC(=O)c2cn(C3CNC3)nn2)no1. The Hall–Kier alpha value is -2.22. The summed E-state index contributed by atoms with van der Waals surface area (Å²) in [4.78, 5) is 11.9. The molecule has 0 bridgehead atoms. The van der Waals surface area contributed by atoms with Crippen LogP contribution in [0.4, 0.5) is 0 Å². The number of nitrogens with zero attached hydrogens (tertiary/aromatic N) is 4. The maximum atomic E-state index is 11.9. The van der Waals surface area contributed by atoms with Gasteiger partial charge in [-0.15, -0.1) is 5.10 Å². The molecular weight excluding hydrogens is 248 g/mol. The monoisotopic (exact) mass is 262 g/mol. The van der Waals surface area contributed by atoms with E-state index in [1.807, 2.05) is 0 Å². The van der Waals surface area contributed by atoms with Crippen molar-refractivity contribution in [3.63, 3.8) is 0 Å². The molecule has 0 aromatic carbocycles. The van der Waals surface area contributed by atoms with Crippen LogP contribution in [0.1, 0.15) is 28.0 Å². The van der Waals surface area contributed by atoms with Gasteiger partial charge in [-0.25, -0.2) is 4.68 Å². The van der Waals surface area contributed by atoms with E-state index in [1.54, 1.807) is 23.9 Å². The predicted octanol–water partition coefficient (Wildman–Crippen LogP) is -0.351. The second kappa shape index (κ2) is 4.81. The highest BCUT2D eigenvalue weighted by Gasteiger charge is 2.21. The lowest BCUT2D eigenvalue weighted by Gasteiger charge is -2.26. The minimum Gasteiger partial charge on any atom is -0.361 e. The van der Waals surface area contributed by atoms with Crippen molar-refractivity contribution in [3.8, 4) is 0 Å². The first-order chi connectivity index (χ1) is 9.22. The molecule has 0 aliphatic carbocycles. The Balaban J connectivity index is 1.58. The Morgan fingerprint density at radius 2 is 2.47 bits per heavy atom. The lowest BCUT2D eigenvalue weighted by atomic mass is 10.2. The van der Waals surface area contributed by atoms with E-state index < -0.39 is 0 Å². The molecule has 1 aliphatic rings. The third-order valence-corrected chi connectivity index (χ3v) is 2.98. The van der Waals surface area contributed by atoms with Gasteiger partial charge in [-0.1, -0.05) is 10.4 Å². The van der Waals surface area contributed by atoms with Gasteiger partial charge < -0.3 is 15.2 Å². The van der Waals surface area contributed by atoms with Crippen LogP contribution < -0.4 is 10.6 Å². The van der Waals surface area contributed by atoms with Gasteiger partial charge in [0.25, 0.3) is 5.91 Å². The van der Waals surface area contributed by atoms with E-state index in [1.165, 1.54) is 0 Å². The number of carbonyl (C=O) groups excluding carboxylic acids is 1. The smallest absolute Gasteiger partial charge is 0.273 e. The first-order valence-electron chi connectivity index (χ1n) is 6.05. The zero-order chi connectivity index (χ0) is 13.2. The molecule has 2 aromatic heterocycles. The first-order valence-corrected chi connectivity index (χ1v) is 6.05. The molecule has 2 N–H and O–H groups in total. The van der Waals surface area contributed by atoms with Crippen LogP contribution in [-0.2, 0) is 6.54 Å². The van der Waals surface area contributed by atoms with E-state index >= 15 is 0 Å². The van der Waals surface area contributed by atoms with Crippen LogP contribution in [0, 0.1) is 6.92 Å². The Bertz CT molecular complexity index is 586. The normalized spacial score (nSPS) is 15.2. The molecule has 2 aromatic rings. The van der Waals surface area contributed by atoms with Crippen LogP contribution in [0.25, 0.3) is 0 Å². The molecule has 8 heteroatoms. The molecule has 8 nitrogen and oxygen atoms in total. The van der Waals surface area contributed by atoms with E-state index in [-0.39, 0.29) is 5.91 Å². The van der Waals surface area contributed by atoms with Crippen molar-refractivity contribution in [2.45, 2.75) is 19.5 Å². The van der Waals surface area contributed by atoms with Gasteiger partial charge >= 0.3 is 0 Å². The zero-order valence-corrected chi connectivity index (χ0v) is 10.5. The van der Waals surface area contributed by atoms with Crippen LogP contribution in [0.5, 0.6) is 0 Å². The van der Waals surface area contributed by atoms with E-state index in [0.29, 0.717) is 29.7 Å². The topological polar surface area (TPSA) is 97.9 Å². The summed E-state index contributed by atoms with van der Waals surface area (Å²) in [6.45, 7) is 3.84. The minimum absolute atomic E-state index is 0.265. The van der Waals surface area contributed by atoms with Crippen molar-refractivity contribution in [2.75, 3.05) is 13.1 Å². The average Bonchev–Trinajstić information content (AvgIpc) is 2.93. The van der Waals surface area contributed by atoms with Crippen LogP contribution in [-0.4, -0.2) is 39.1 Å². The van der Waals surface area contributed by atoms with Crippen molar-refractivity contribution in [1.29, 1.82) is 0 Å². The fourth-order valence-corrected chi connectivity index (χ4v) is 1.78. The largest absolute Gasteiger partial charge is 0.361 e. The maximum Gasteiger partial charge on any atom is 0.273 e. The molecule has 1 saturated heterocycles. The molecule has 0 atom stereocenters. The molecule has 1 aliphatic heterocycles. The van der Waals surface area contributed by atoms with Crippen LogP contribution in [0.2, 0.25) is 0 Å². The number of hydrogen-bond donors (Lipinski definition) is 2. The van der Waals surface area contributed by atoms with Gasteiger partial charge in [0, 0.05) is 19.2 Å². The second-order valence-corrected chi connectivity index (χ2v) is 4.51. The highest BCUT2D eigenvalue weighted by Crippen LogP contribution is 2.09. The summed E-state index contributed by atoms with van der Waals surface area (Å²) in [5.41, 5.74) is 0.994. The van der Waals surface area contributed by atoms with Crippen molar-refractivity contribution in [2.24, 2.45) is 0 Å². The number of hydrogen-bond acceptors (Lipinski definition) is 6. The molecule has 0 unspecified atom stereocenters. The number of carbonyl (C=O) groups is 1. The van der Waals surface area contributed by atoms with Gasteiger partial charge in [0.05, 0.1) is 18.8 Å². The summed E-state index contributed by atoms with van der Waals surface area (Å²) in [5.74, 6) is 0.451. The molecule has 0 spiro atoms. The average molecular weight is 262 g/mol. The van der Waals surface area contributed by atoms with Crippen LogP contribution in [0.3, 0.4) is 0 Å². The second-order valence-electron chi connectivity index (χ2n) is 4.51. The van der Waals surface area contributed by atoms with Gasteiger partial charge in [0.15, 0.2) is 5.69 Å². The van der Waals surface area contributed by atoms with Gasteiger partial charge in [0.2, 0.25) is 0 Å². The van der Waals surface area contributed by atoms with Crippen LogP contribution in [0.15, 0.2) is 16.8 Å². The van der Waals surface area contributed by atoms with E-state index in [0.717, 1.165) is 13.1 Å². The molecule has 1 fully saturated rings. The molecule has 1 amide bonds. The maximum absolute atomic E-state index is 11.9. The van der Waals surface area contributed by atoms with E-state index in [9.17, 15) is 4.79 Å². The predicted molar refractivity (Wildman–Crippen MR) is 64.3 cm³/mol. The quantitative estimate of drug-likeness (QED) is 0.781. The van der Waals surface area contributed by atoms with Crippen molar-refractivity contribution >= 4 is 5.91 Å². The molecule has 0 saturated carbocycles. The van der Waals surface area contributed by atoms with Crippen molar-refractivity contribution in [1.82, 2.24) is 30.8 Å². The zero-order valence-electron chi connectivity index (χ0n) is 10.5. The van der Waals surface area contributed by atoms with Crippen molar-refractivity contribution in [3.05, 3.63) is 29.4 Å². The van der Waals surface area contributed by atoms with Gasteiger partial charge in [-0.05, 0) is 6.92 Å². The summed E-state index contributed by atoms with van der Waals surface area (Å²) in [6.07, 6.45) is 1.66. The van der Waals surface area contributed by atoms with Gasteiger partial charge in [0.1, 0.15) is 11.5 Å². The van der Waals surface area contributed by atoms with Crippen molar-refractivity contribution < 1.29 is 9.32 Å². The van der Waals surface area contributed by atoms with E-state index in [2.05, 4.69) is 26.1 Å². The standard InChI is InChI=1S/C11H14N6O2/c1-7-2-8(15-19-7)3-13-11(18)10-6-17(16-14-10)9-4-12-5-9/h2,6,9,12H,3-5H2,1H3,(H,13,18). The Labute approximate surface area is 109 Å². The summed E-state index contributed by atoms with van der Waals surface area (Å²) in [5, 5.41) is 17.5. The Morgan fingerprint density at radius 1 is 1.63 bits per heavy atom.